The number of fused-ring (bicyclic) bond motifs is 1. The van der Waals surface area contributed by atoms with Gasteiger partial charge >= 0.3 is 0 Å². The summed E-state index contributed by atoms with van der Waals surface area (Å²) in [4.78, 5) is 19.6. The first-order valence-electron chi connectivity index (χ1n) is 10.2. The Hall–Kier alpha value is -3.32. The Bertz CT molecular complexity index is 1040. The van der Waals surface area contributed by atoms with Crippen molar-refractivity contribution in [2.75, 3.05) is 53.0 Å². The molecule has 0 aliphatic carbocycles. The zero-order valence-corrected chi connectivity index (χ0v) is 18.5. The standard InChI is InChI=1S/C24H29N3O4/c1-27(13-11-17-9-10-21(30-3)22(15-17)31-4)23-16-19(24(28)25-12-14-29-2)18-7-5-6-8-20(18)26-23/h5-10,15-16H,11-14H2,1-4H3,(H,25,28). The molecule has 7 heteroatoms. The van der Waals surface area contributed by atoms with E-state index in [0.29, 0.717) is 30.2 Å². The van der Waals surface area contributed by atoms with Gasteiger partial charge in [0.25, 0.3) is 5.91 Å². The maximum atomic E-state index is 12.8. The second-order valence-corrected chi connectivity index (χ2v) is 7.15. The maximum absolute atomic E-state index is 12.8. The van der Waals surface area contributed by atoms with E-state index in [2.05, 4.69) is 10.2 Å². The summed E-state index contributed by atoms with van der Waals surface area (Å²) in [7, 11) is 6.84. The van der Waals surface area contributed by atoms with Crippen LogP contribution in [0.2, 0.25) is 0 Å². The number of benzene rings is 2. The average molecular weight is 424 g/mol. The molecular weight excluding hydrogens is 394 g/mol. The van der Waals surface area contributed by atoms with Crippen LogP contribution in [0.25, 0.3) is 10.9 Å². The van der Waals surface area contributed by atoms with Crippen molar-refractivity contribution in [1.82, 2.24) is 10.3 Å². The summed E-state index contributed by atoms with van der Waals surface area (Å²) >= 11 is 0. The van der Waals surface area contributed by atoms with Crippen molar-refractivity contribution in [2.45, 2.75) is 6.42 Å². The fourth-order valence-electron chi connectivity index (χ4n) is 3.35. The number of methoxy groups -OCH3 is 3. The van der Waals surface area contributed by atoms with Crippen molar-refractivity contribution in [1.29, 1.82) is 0 Å². The van der Waals surface area contributed by atoms with E-state index in [-0.39, 0.29) is 5.91 Å². The second-order valence-electron chi connectivity index (χ2n) is 7.15. The third kappa shape index (κ3) is 5.44. The molecule has 31 heavy (non-hydrogen) atoms. The predicted molar refractivity (Wildman–Crippen MR) is 122 cm³/mol. The van der Waals surface area contributed by atoms with Crippen LogP contribution in [0.1, 0.15) is 15.9 Å². The molecule has 0 saturated heterocycles. The summed E-state index contributed by atoms with van der Waals surface area (Å²) in [6, 6.07) is 15.4. The minimum atomic E-state index is -0.134. The van der Waals surface area contributed by atoms with E-state index < -0.39 is 0 Å². The monoisotopic (exact) mass is 423 g/mol. The lowest BCUT2D eigenvalue weighted by molar-refractivity contribution is 0.0938. The Balaban J connectivity index is 1.80. The number of hydrogen-bond acceptors (Lipinski definition) is 6. The fourth-order valence-corrected chi connectivity index (χ4v) is 3.35. The molecule has 0 bridgehead atoms. The number of nitrogens with one attached hydrogen (secondary N) is 1. The molecule has 3 rings (SSSR count). The lowest BCUT2D eigenvalue weighted by atomic mass is 10.1. The Kier molecular flexibility index (Phi) is 7.67. The lowest BCUT2D eigenvalue weighted by Gasteiger charge is -2.20. The number of carbonyl (C=O) groups excluding carboxylic acids is 1. The van der Waals surface area contributed by atoms with Crippen LogP contribution >= 0.6 is 0 Å². The predicted octanol–water partition coefficient (Wildman–Crippen LogP) is 3.31. The molecule has 0 fully saturated rings. The van der Waals surface area contributed by atoms with Crippen molar-refractivity contribution >= 4 is 22.6 Å². The molecule has 0 unspecified atom stereocenters. The Labute approximate surface area is 182 Å². The smallest absolute Gasteiger partial charge is 0.252 e. The first-order chi connectivity index (χ1) is 15.1. The summed E-state index contributed by atoms with van der Waals surface area (Å²) in [5, 5.41) is 3.73. The number of ether oxygens (including phenoxy) is 3. The fraction of sp³-hybridized carbons (Fsp3) is 0.333. The minimum Gasteiger partial charge on any atom is -0.493 e. The van der Waals surface area contributed by atoms with Crippen molar-refractivity contribution in [3.8, 4) is 11.5 Å². The van der Waals surface area contributed by atoms with Gasteiger partial charge in [0.05, 0.1) is 31.9 Å². The topological polar surface area (TPSA) is 72.9 Å². The van der Waals surface area contributed by atoms with Crippen molar-refractivity contribution in [3.63, 3.8) is 0 Å². The largest absolute Gasteiger partial charge is 0.493 e. The van der Waals surface area contributed by atoms with Crippen LogP contribution in [0.5, 0.6) is 11.5 Å². The highest BCUT2D eigenvalue weighted by Gasteiger charge is 2.15. The Morgan fingerprint density at radius 1 is 1.03 bits per heavy atom. The average Bonchev–Trinajstić information content (AvgIpc) is 2.81. The number of hydrogen-bond donors (Lipinski definition) is 1. The SMILES string of the molecule is COCCNC(=O)c1cc(N(C)CCc2ccc(OC)c(OC)c2)nc2ccccc12. The van der Waals surface area contributed by atoms with Gasteiger partial charge in [0.15, 0.2) is 11.5 Å². The van der Waals surface area contributed by atoms with Gasteiger partial charge in [-0.1, -0.05) is 24.3 Å². The number of anilines is 1. The third-order valence-corrected chi connectivity index (χ3v) is 5.11. The van der Waals surface area contributed by atoms with Crippen LogP contribution in [0.4, 0.5) is 5.82 Å². The van der Waals surface area contributed by atoms with Crippen LogP contribution in [-0.2, 0) is 11.2 Å². The van der Waals surface area contributed by atoms with Gasteiger partial charge in [-0.2, -0.15) is 0 Å². The van der Waals surface area contributed by atoms with Gasteiger partial charge < -0.3 is 24.4 Å². The highest BCUT2D eigenvalue weighted by molar-refractivity contribution is 6.07. The molecule has 1 amide bonds. The van der Waals surface area contributed by atoms with E-state index in [9.17, 15) is 4.79 Å². The number of rotatable bonds is 10. The first kappa shape index (κ1) is 22.4. The van der Waals surface area contributed by atoms with E-state index in [0.717, 1.165) is 35.2 Å². The van der Waals surface area contributed by atoms with Crippen molar-refractivity contribution in [2.24, 2.45) is 0 Å². The second kappa shape index (κ2) is 10.6. The van der Waals surface area contributed by atoms with E-state index >= 15 is 0 Å². The molecular formula is C24H29N3O4. The van der Waals surface area contributed by atoms with E-state index in [1.54, 1.807) is 21.3 Å². The number of nitrogens with zero attached hydrogens (tertiary/aromatic N) is 2. The van der Waals surface area contributed by atoms with Crippen LogP contribution in [0.3, 0.4) is 0 Å². The highest BCUT2D eigenvalue weighted by Crippen LogP contribution is 2.28. The molecule has 1 aromatic heterocycles. The third-order valence-electron chi connectivity index (χ3n) is 5.11. The van der Waals surface area contributed by atoms with Gasteiger partial charge in [-0.15, -0.1) is 0 Å². The molecule has 2 aromatic carbocycles. The van der Waals surface area contributed by atoms with Crippen LogP contribution in [0.15, 0.2) is 48.5 Å². The zero-order chi connectivity index (χ0) is 22.2. The lowest BCUT2D eigenvalue weighted by Crippen LogP contribution is -2.28. The Morgan fingerprint density at radius 3 is 2.55 bits per heavy atom. The normalized spacial score (nSPS) is 10.7. The van der Waals surface area contributed by atoms with Crippen LogP contribution in [-0.4, -0.2) is 59.0 Å². The summed E-state index contributed by atoms with van der Waals surface area (Å²) in [6.45, 7) is 1.65. The molecule has 7 nitrogen and oxygen atoms in total. The van der Waals surface area contributed by atoms with Crippen molar-refractivity contribution < 1.29 is 19.0 Å². The number of aromatic nitrogens is 1. The highest BCUT2D eigenvalue weighted by atomic mass is 16.5. The number of amides is 1. The quantitative estimate of drug-likeness (QED) is 0.505. The molecule has 1 N–H and O–H groups in total. The molecule has 0 saturated carbocycles. The maximum Gasteiger partial charge on any atom is 0.252 e. The summed E-state index contributed by atoms with van der Waals surface area (Å²) in [6.07, 6.45) is 0.792. The molecule has 0 spiro atoms. The van der Waals surface area contributed by atoms with E-state index in [1.807, 2.05) is 55.6 Å². The molecule has 3 aromatic rings. The van der Waals surface area contributed by atoms with E-state index in [1.165, 1.54) is 0 Å². The van der Waals surface area contributed by atoms with E-state index in [4.69, 9.17) is 19.2 Å². The number of likely N-dealkylation sites (N-methyl/N-ethyl adjacent to an activating group) is 1. The van der Waals surface area contributed by atoms with Crippen molar-refractivity contribution in [3.05, 3.63) is 59.7 Å². The van der Waals surface area contributed by atoms with Gasteiger partial charge in [-0.05, 0) is 36.2 Å². The molecule has 0 radical (unpaired) electrons. The zero-order valence-electron chi connectivity index (χ0n) is 18.5. The molecule has 0 aliphatic heterocycles. The molecule has 164 valence electrons. The molecule has 1 heterocycles. The first-order valence-corrected chi connectivity index (χ1v) is 10.2. The molecule has 0 atom stereocenters. The number of pyridine rings is 1. The summed E-state index contributed by atoms with van der Waals surface area (Å²) in [5.74, 6) is 2.03. The number of para-hydroxylation sites is 1. The summed E-state index contributed by atoms with van der Waals surface area (Å²) < 4.78 is 15.7. The van der Waals surface area contributed by atoms with Crippen LogP contribution < -0.4 is 19.7 Å². The minimum absolute atomic E-state index is 0.134. The van der Waals surface area contributed by atoms with Gasteiger partial charge in [-0.3, -0.25) is 4.79 Å². The van der Waals surface area contributed by atoms with Gasteiger partial charge in [0.1, 0.15) is 5.82 Å². The van der Waals surface area contributed by atoms with Gasteiger partial charge in [-0.25, -0.2) is 4.98 Å². The molecule has 0 aliphatic rings. The Morgan fingerprint density at radius 2 is 1.81 bits per heavy atom. The number of carbonyl (C=O) groups is 1. The van der Waals surface area contributed by atoms with Gasteiger partial charge in [0.2, 0.25) is 0 Å². The van der Waals surface area contributed by atoms with Gasteiger partial charge in [0, 0.05) is 32.6 Å². The van der Waals surface area contributed by atoms with Crippen LogP contribution in [0, 0.1) is 0 Å². The summed E-state index contributed by atoms with van der Waals surface area (Å²) in [5.41, 5.74) is 2.52.